The molecule has 0 fully saturated rings. The lowest BCUT2D eigenvalue weighted by Gasteiger charge is -2.34. The number of sulfonamides is 1. The third-order valence-electron chi connectivity index (χ3n) is 6.80. The lowest BCUT2D eigenvalue weighted by Crippen LogP contribution is -2.54. The van der Waals surface area contributed by atoms with Crippen molar-refractivity contribution >= 4 is 62.3 Å². The minimum Gasteiger partial charge on any atom is -0.352 e. The van der Waals surface area contributed by atoms with Gasteiger partial charge in [-0.25, -0.2) is 8.42 Å². The fraction of sp³-hybridized carbons (Fsp3) is 0.333. The average molecular weight is 639 g/mol. The number of carbonyl (C=O) groups excluding carboxylic acids is 2. The molecule has 3 aromatic rings. The first kappa shape index (κ1) is 32.7. The SMILES string of the molecule is CC[C@@H](C)NC(=O)[C@H](Cc1ccccc1)N(Cc1ccc(Cl)c(Cl)c1)C(=O)CN(c1cccc(Cl)c1C)S(C)(=O)=O. The molecule has 0 heterocycles. The number of nitrogens with zero attached hydrogens (tertiary/aromatic N) is 2. The summed E-state index contributed by atoms with van der Waals surface area (Å²) in [5.41, 5.74) is 2.27. The van der Waals surface area contributed by atoms with Crippen LogP contribution in [0.3, 0.4) is 0 Å². The second kappa shape index (κ2) is 14.4. The number of carbonyl (C=O) groups is 2. The van der Waals surface area contributed by atoms with E-state index in [0.717, 1.165) is 16.1 Å². The minimum absolute atomic E-state index is 0.00667. The smallest absolute Gasteiger partial charge is 0.244 e. The Kier molecular flexibility index (Phi) is 11.5. The van der Waals surface area contributed by atoms with Crippen molar-refractivity contribution in [2.75, 3.05) is 17.1 Å². The summed E-state index contributed by atoms with van der Waals surface area (Å²) in [6, 6.07) is 18.1. The van der Waals surface area contributed by atoms with Crippen LogP contribution in [0.4, 0.5) is 5.69 Å². The molecule has 7 nitrogen and oxygen atoms in total. The van der Waals surface area contributed by atoms with Crippen molar-refractivity contribution in [3.05, 3.63) is 98.5 Å². The van der Waals surface area contributed by atoms with E-state index < -0.39 is 28.5 Å². The number of benzene rings is 3. The lowest BCUT2D eigenvalue weighted by molar-refractivity contribution is -0.140. The highest BCUT2D eigenvalue weighted by molar-refractivity contribution is 7.92. The second-order valence-electron chi connectivity index (χ2n) is 9.95. The molecule has 0 saturated heterocycles. The van der Waals surface area contributed by atoms with Gasteiger partial charge in [0, 0.05) is 24.0 Å². The molecule has 2 atom stereocenters. The molecule has 2 amide bonds. The van der Waals surface area contributed by atoms with Crippen molar-refractivity contribution in [2.24, 2.45) is 0 Å². The van der Waals surface area contributed by atoms with Gasteiger partial charge in [-0.2, -0.15) is 0 Å². The van der Waals surface area contributed by atoms with Crippen molar-refractivity contribution in [2.45, 2.75) is 52.2 Å². The highest BCUT2D eigenvalue weighted by Crippen LogP contribution is 2.29. The monoisotopic (exact) mass is 637 g/mol. The van der Waals surface area contributed by atoms with Crippen LogP contribution in [0.25, 0.3) is 0 Å². The van der Waals surface area contributed by atoms with Gasteiger partial charge in [0.1, 0.15) is 12.6 Å². The van der Waals surface area contributed by atoms with E-state index in [4.69, 9.17) is 34.8 Å². The molecular formula is C30H34Cl3N3O4S. The maximum atomic E-state index is 14.2. The van der Waals surface area contributed by atoms with Crippen molar-refractivity contribution in [3.63, 3.8) is 0 Å². The molecule has 11 heteroatoms. The van der Waals surface area contributed by atoms with E-state index in [-0.39, 0.29) is 30.6 Å². The summed E-state index contributed by atoms with van der Waals surface area (Å²) in [5, 5.41) is 4.01. The minimum atomic E-state index is -3.91. The summed E-state index contributed by atoms with van der Waals surface area (Å²) in [5.74, 6) is -0.914. The summed E-state index contributed by atoms with van der Waals surface area (Å²) in [7, 11) is -3.91. The Morgan fingerprint density at radius 1 is 0.902 bits per heavy atom. The molecule has 0 saturated carbocycles. The molecule has 0 spiro atoms. The molecule has 0 aromatic heterocycles. The molecule has 3 rings (SSSR count). The van der Waals surface area contributed by atoms with Gasteiger partial charge in [0.25, 0.3) is 0 Å². The third-order valence-corrected chi connectivity index (χ3v) is 9.07. The van der Waals surface area contributed by atoms with Gasteiger partial charge < -0.3 is 10.2 Å². The fourth-order valence-electron chi connectivity index (χ4n) is 4.29. The number of anilines is 1. The molecular weight excluding hydrogens is 605 g/mol. The molecule has 0 aliphatic heterocycles. The predicted octanol–water partition coefficient (Wildman–Crippen LogP) is 6.28. The van der Waals surface area contributed by atoms with Crippen LogP contribution in [0.1, 0.15) is 37.0 Å². The molecule has 0 bridgehead atoms. The molecule has 0 aliphatic carbocycles. The molecule has 1 N–H and O–H groups in total. The quantitative estimate of drug-likeness (QED) is 0.253. The number of halogens is 3. The molecule has 41 heavy (non-hydrogen) atoms. The first-order valence-corrected chi connectivity index (χ1v) is 16.1. The number of nitrogens with one attached hydrogen (secondary N) is 1. The van der Waals surface area contributed by atoms with Gasteiger partial charge in [-0.15, -0.1) is 0 Å². The Bertz CT molecular complexity index is 1490. The Balaban J connectivity index is 2.11. The van der Waals surface area contributed by atoms with Crippen LogP contribution in [0.2, 0.25) is 15.1 Å². The van der Waals surface area contributed by atoms with Crippen molar-refractivity contribution in [3.8, 4) is 0 Å². The van der Waals surface area contributed by atoms with Gasteiger partial charge in [0.2, 0.25) is 21.8 Å². The zero-order chi connectivity index (χ0) is 30.3. The van der Waals surface area contributed by atoms with E-state index >= 15 is 0 Å². The van der Waals surface area contributed by atoms with E-state index in [2.05, 4.69) is 5.32 Å². The Hall–Kier alpha value is -2.78. The van der Waals surface area contributed by atoms with Crippen LogP contribution in [-0.2, 0) is 32.6 Å². The lowest BCUT2D eigenvalue weighted by atomic mass is 10.0. The fourth-order valence-corrected chi connectivity index (χ4v) is 5.68. The van der Waals surface area contributed by atoms with Crippen LogP contribution in [0, 0.1) is 6.92 Å². The molecule has 0 unspecified atom stereocenters. The van der Waals surface area contributed by atoms with Crippen molar-refractivity contribution in [1.82, 2.24) is 10.2 Å². The summed E-state index contributed by atoms with van der Waals surface area (Å²) >= 11 is 18.7. The molecule has 3 aromatic carbocycles. The van der Waals surface area contributed by atoms with E-state index in [0.29, 0.717) is 32.6 Å². The van der Waals surface area contributed by atoms with Crippen LogP contribution < -0.4 is 9.62 Å². The summed E-state index contributed by atoms with van der Waals surface area (Å²) in [6.45, 7) is 4.98. The standard InChI is InChI=1S/C30H34Cl3N3O4S/c1-5-20(2)34-30(38)28(17-22-10-7-6-8-11-22)35(18-23-14-15-25(32)26(33)16-23)29(37)19-36(41(4,39)40)27-13-9-12-24(31)21(27)3/h6-16,20,28H,5,17-19H2,1-4H3,(H,34,38)/t20-,28+/m1/s1. The second-order valence-corrected chi connectivity index (χ2v) is 13.1. The normalized spacial score (nSPS) is 12.9. The van der Waals surface area contributed by atoms with Crippen LogP contribution in [-0.4, -0.2) is 50.0 Å². The average Bonchev–Trinajstić information content (AvgIpc) is 2.92. The van der Waals surface area contributed by atoms with Gasteiger partial charge in [0.15, 0.2) is 0 Å². The first-order chi connectivity index (χ1) is 19.3. The van der Waals surface area contributed by atoms with E-state index in [9.17, 15) is 18.0 Å². The number of amides is 2. The zero-order valence-electron chi connectivity index (χ0n) is 23.4. The van der Waals surface area contributed by atoms with Crippen LogP contribution in [0.5, 0.6) is 0 Å². The highest BCUT2D eigenvalue weighted by Gasteiger charge is 2.34. The largest absolute Gasteiger partial charge is 0.352 e. The maximum absolute atomic E-state index is 14.2. The number of rotatable bonds is 12. The molecule has 0 aliphatic rings. The van der Waals surface area contributed by atoms with Crippen LogP contribution in [0.15, 0.2) is 66.7 Å². The van der Waals surface area contributed by atoms with Crippen LogP contribution >= 0.6 is 34.8 Å². The van der Waals surface area contributed by atoms with Crippen molar-refractivity contribution < 1.29 is 18.0 Å². The first-order valence-electron chi connectivity index (χ1n) is 13.1. The maximum Gasteiger partial charge on any atom is 0.244 e. The Morgan fingerprint density at radius 3 is 2.20 bits per heavy atom. The highest BCUT2D eigenvalue weighted by atomic mass is 35.5. The van der Waals surface area contributed by atoms with Gasteiger partial charge in [0.05, 0.1) is 22.0 Å². The van der Waals surface area contributed by atoms with E-state index in [1.54, 1.807) is 43.3 Å². The van der Waals surface area contributed by atoms with Gasteiger partial charge >= 0.3 is 0 Å². The van der Waals surface area contributed by atoms with Gasteiger partial charge in [-0.3, -0.25) is 13.9 Å². The van der Waals surface area contributed by atoms with Gasteiger partial charge in [-0.05, 0) is 61.2 Å². The topological polar surface area (TPSA) is 86.8 Å². The van der Waals surface area contributed by atoms with Gasteiger partial charge in [-0.1, -0.05) is 84.2 Å². The summed E-state index contributed by atoms with van der Waals surface area (Å²) < 4.78 is 27.0. The number of hydrogen-bond acceptors (Lipinski definition) is 4. The van der Waals surface area contributed by atoms with E-state index in [1.165, 1.54) is 4.90 Å². The Labute approximate surface area is 257 Å². The summed E-state index contributed by atoms with van der Waals surface area (Å²) in [6.07, 6.45) is 1.94. The van der Waals surface area contributed by atoms with E-state index in [1.807, 2.05) is 44.2 Å². The Morgan fingerprint density at radius 2 is 1.59 bits per heavy atom. The third kappa shape index (κ3) is 8.85. The molecule has 220 valence electrons. The van der Waals surface area contributed by atoms with Crippen molar-refractivity contribution in [1.29, 1.82) is 0 Å². The number of hydrogen-bond donors (Lipinski definition) is 1. The zero-order valence-corrected chi connectivity index (χ0v) is 26.5. The summed E-state index contributed by atoms with van der Waals surface area (Å²) in [4.78, 5) is 29.3. The molecule has 0 radical (unpaired) electrons. The predicted molar refractivity (Wildman–Crippen MR) is 167 cm³/mol.